The zero-order valence-electron chi connectivity index (χ0n) is 14.2. The Hall–Kier alpha value is -1.63. The van der Waals surface area contributed by atoms with Gasteiger partial charge in [0, 0.05) is 14.2 Å². The van der Waals surface area contributed by atoms with Gasteiger partial charge in [0.1, 0.15) is 18.0 Å². The van der Waals surface area contributed by atoms with Crippen molar-refractivity contribution >= 4 is 5.91 Å². The first-order valence-corrected chi connectivity index (χ1v) is 8.39. The highest BCUT2D eigenvalue weighted by Crippen LogP contribution is 2.26. The number of rotatable bonds is 4. The number of amides is 1. The predicted octanol–water partition coefficient (Wildman–Crippen LogP) is 0.787. The van der Waals surface area contributed by atoms with Crippen molar-refractivity contribution in [2.24, 2.45) is 0 Å². The third-order valence-electron chi connectivity index (χ3n) is 4.87. The van der Waals surface area contributed by atoms with Gasteiger partial charge < -0.3 is 24.2 Å². The number of methoxy groups -OCH3 is 1. The standard InChI is InChI=1S/C18H25NO5/c1-19(14-10-23-11-16(22-2)18(14)21)17(20)9-12-5-6-15-13(8-12)4-3-7-24-15/h5-6,8,14,16,18,21H,3-4,7,9-11H2,1-2H3/t14-,16-,18+/m1/s1. The number of aliphatic hydroxyl groups excluding tert-OH is 1. The second kappa shape index (κ2) is 7.51. The largest absolute Gasteiger partial charge is 0.493 e. The third kappa shape index (κ3) is 3.55. The van der Waals surface area contributed by atoms with Crippen LogP contribution in [0.15, 0.2) is 18.2 Å². The normalized spacial score (nSPS) is 26.4. The highest BCUT2D eigenvalue weighted by Gasteiger charge is 2.36. The summed E-state index contributed by atoms with van der Waals surface area (Å²) in [5.74, 6) is 0.876. The summed E-state index contributed by atoms with van der Waals surface area (Å²) in [7, 11) is 3.25. The van der Waals surface area contributed by atoms with E-state index < -0.39 is 18.2 Å². The number of hydrogen-bond donors (Lipinski definition) is 1. The van der Waals surface area contributed by atoms with Gasteiger partial charge in [-0.1, -0.05) is 12.1 Å². The number of nitrogens with zero attached hydrogens (tertiary/aromatic N) is 1. The summed E-state index contributed by atoms with van der Waals surface area (Å²) >= 11 is 0. The summed E-state index contributed by atoms with van der Waals surface area (Å²) in [5.41, 5.74) is 2.13. The fourth-order valence-corrected chi connectivity index (χ4v) is 3.31. The number of aliphatic hydroxyl groups is 1. The molecule has 1 saturated heterocycles. The van der Waals surface area contributed by atoms with Crippen LogP contribution in [0.5, 0.6) is 5.75 Å². The predicted molar refractivity (Wildman–Crippen MR) is 88.1 cm³/mol. The van der Waals surface area contributed by atoms with Gasteiger partial charge in [-0.25, -0.2) is 0 Å². The number of carbonyl (C=O) groups excluding carboxylic acids is 1. The van der Waals surface area contributed by atoms with Crippen molar-refractivity contribution < 1.29 is 24.1 Å². The van der Waals surface area contributed by atoms with Crippen molar-refractivity contribution in [3.05, 3.63) is 29.3 Å². The van der Waals surface area contributed by atoms with E-state index in [0.29, 0.717) is 19.6 Å². The second-order valence-corrected chi connectivity index (χ2v) is 6.45. The van der Waals surface area contributed by atoms with E-state index in [1.165, 1.54) is 7.11 Å². The third-order valence-corrected chi connectivity index (χ3v) is 4.87. The maximum atomic E-state index is 12.6. The van der Waals surface area contributed by atoms with E-state index in [-0.39, 0.29) is 5.91 Å². The molecule has 0 aliphatic carbocycles. The molecule has 6 heteroatoms. The Balaban J connectivity index is 1.65. The molecule has 0 saturated carbocycles. The topological polar surface area (TPSA) is 68.2 Å². The molecule has 1 N–H and O–H groups in total. The molecule has 0 aromatic heterocycles. The van der Waals surface area contributed by atoms with Crippen molar-refractivity contribution in [3.63, 3.8) is 0 Å². The molecule has 0 bridgehead atoms. The molecule has 1 aromatic rings. The van der Waals surface area contributed by atoms with Gasteiger partial charge in [0.2, 0.25) is 5.91 Å². The first-order valence-electron chi connectivity index (χ1n) is 8.39. The summed E-state index contributed by atoms with van der Waals surface area (Å²) in [6.45, 7) is 1.43. The Morgan fingerprint density at radius 3 is 3.04 bits per heavy atom. The summed E-state index contributed by atoms with van der Waals surface area (Å²) in [5, 5.41) is 10.4. The Morgan fingerprint density at radius 2 is 2.25 bits per heavy atom. The van der Waals surface area contributed by atoms with Gasteiger partial charge in [-0.2, -0.15) is 0 Å². The van der Waals surface area contributed by atoms with Gasteiger partial charge in [-0.05, 0) is 30.0 Å². The van der Waals surface area contributed by atoms with Crippen molar-refractivity contribution in [2.75, 3.05) is 34.0 Å². The molecule has 0 radical (unpaired) electrons. The first kappa shape index (κ1) is 17.2. The summed E-state index contributed by atoms with van der Waals surface area (Å²) in [6, 6.07) is 5.53. The highest BCUT2D eigenvalue weighted by atomic mass is 16.5. The lowest BCUT2D eigenvalue weighted by Crippen LogP contribution is -2.57. The van der Waals surface area contributed by atoms with Crippen LogP contribution < -0.4 is 4.74 Å². The molecule has 2 heterocycles. The van der Waals surface area contributed by atoms with Crippen LogP contribution in [0.3, 0.4) is 0 Å². The van der Waals surface area contributed by atoms with Crippen LogP contribution in [0, 0.1) is 0 Å². The minimum Gasteiger partial charge on any atom is -0.493 e. The minimum atomic E-state index is -0.741. The van der Waals surface area contributed by atoms with E-state index in [2.05, 4.69) is 0 Å². The van der Waals surface area contributed by atoms with Gasteiger partial charge in [-0.3, -0.25) is 4.79 Å². The fourth-order valence-electron chi connectivity index (χ4n) is 3.31. The summed E-state index contributed by atoms with van der Waals surface area (Å²) in [6.07, 6.45) is 1.14. The van der Waals surface area contributed by atoms with Crippen LogP contribution in [0.2, 0.25) is 0 Å². The van der Waals surface area contributed by atoms with Crippen molar-refractivity contribution in [2.45, 2.75) is 37.5 Å². The molecule has 1 fully saturated rings. The Morgan fingerprint density at radius 1 is 1.42 bits per heavy atom. The molecule has 24 heavy (non-hydrogen) atoms. The molecular formula is C18H25NO5. The second-order valence-electron chi connectivity index (χ2n) is 6.45. The van der Waals surface area contributed by atoms with Crippen LogP contribution in [0.1, 0.15) is 17.5 Å². The quantitative estimate of drug-likeness (QED) is 0.881. The van der Waals surface area contributed by atoms with Gasteiger partial charge in [0.05, 0.1) is 32.3 Å². The molecule has 132 valence electrons. The molecule has 3 rings (SSSR count). The number of aryl methyl sites for hydroxylation is 1. The fraction of sp³-hybridized carbons (Fsp3) is 0.611. The maximum absolute atomic E-state index is 12.6. The lowest BCUT2D eigenvalue weighted by atomic mass is 10.00. The van der Waals surface area contributed by atoms with E-state index in [4.69, 9.17) is 14.2 Å². The number of hydrogen-bond acceptors (Lipinski definition) is 5. The molecule has 3 atom stereocenters. The molecule has 0 unspecified atom stereocenters. The van der Waals surface area contributed by atoms with Crippen LogP contribution in [-0.4, -0.2) is 68.1 Å². The van der Waals surface area contributed by atoms with Crippen LogP contribution in [-0.2, 0) is 27.1 Å². The van der Waals surface area contributed by atoms with Crippen LogP contribution >= 0.6 is 0 Å². The van der Waals surface area contributed by atoms with Gasteiger partial charge >= 0.3 is 0 Å². The number of benzene rings is 1. The van der Waals surface area contributed by atoms with E-state index in [0.717, 1.165) is 36.3 Å². The molecule has 2 aliphatic heterocycles. The molecule has 6 nitrogen and oxygen atoms in total. The molecule has 1 aromatic carbocycles. The van der Waals surface area contributed by atoms with E-state index >= 15 is 0 Å². The first-order chi connectivity index (χ1) is 11.6. The van der Waals surface area contributed by atoms with E-state index in [1.807, 2.05) is 18.2 Å². The van der Waals surface area contributed by atoms with Crippen LogP contribution in [0.4, 0.5) is 0 Å². The molecule has 1 amide bonds. The van der Waals surface area contributed by atoms with Crippen LogP contribution in [0.25, 0.3) is 0 Å². The summed E-state index contributed by atoms with van der Waals surface area (Å²) in [4.78, 5) is 14.2. The van der Waals surface area contributed by atoms with Gasteiger partial charge in [0.25, 0.3) is 0 Å². The average Bonchev–Trinajstić information content (AvgIpc) is 2.61. The van der Waals surface area contributed by atoms with Gasteiger partial charge in [0.15, 0.2) is 0 Å². The number of carbonyl (C=O) groups is 1. The number of ether oxygens (including phenoxy) is 3. The number of likely N-dealkylation sites (N-methyl/N-ethyl adjacent to an activating group) is 1. The van der Waals surface area contributed by atoms with Gasteiger partial charge in [-0.15, -0.1) is 0 Å². The molecule has 2 aliphatic rings. The monoisotopic (exact) mass is 335 g/mol. The summed E-state index contributed by atoms with van der Waals surface area (Å²) < 4.78 is 16.3. The minimum absolute atomic E-state index is 0.0453. The Bertz CT molecular complexity index is 591. The number of fused-ring (bicyclic) bond motifs is 1. The zero-order chi connectivity index (χ0) is 17.1. The molecular weight excluding hydrogens is 310 g/mol. The molecule has 0 spiro atoms. The van der Waals surface area contributed by atoms with Crippen molar-refractivity contribution in [1.29, 1.82) is 0 Å². The smallest absolute Gasteiger partial charge is 0.227 e. The lowest BCUT2D eigenvalue weighted by Gasteiger charge is -2.39. The Labute approximate surface area is 142 Å². The maximum Gasteiger partial charge on any atom is 0.227 e. The Kier molecular flexibility index (Phi) is 5.38. The average molecular weight is 335 g/mol. The zero-order valence-corrected chi connectivity index (χ0v) is 14.2. The SMILES string of the molecule is CO[C@@H]1COC[C@@H](N(C)C(=O)Cc2ccc3c(c2)CCCO3)[C@@H]1O. The van der Waals surface area contributed by atoms with E-state index in [1.54, 1.807) is 11.9 Å². The van der Waals surface area contributed by atoms with Crippen molar-refractivity contribution in [1.82, 2.24) is 4.90 Å². The van der Waals surface area contributed by atoms with Crippen molar-refractivity contribution in [3.8, 4) is 5.75 Å². The lowest BCUT2D eigenvalue weighted by molar-refractivity contribution is -0.157. The highest BCUT2D eigenvalue weighted by molar-refractivity contribution is 5.79. The van der Waals surface area contributed by atoms with E-state index in [9.17, 15) is 9.90 Å².